The Kier molecular flexibility index (Phi) is 10.4. The SMILES string of the molecule is CCCOc1ccc(C2CCC(CCC=CC3CC=C(c4ccc(CCC)cc4)CC3)CC2)c(F)c1F. The van der Waals surface area contributed by atoms with Gasteiger partial charge in [0.1, 0.15) is 0 Å². The Hall–Kier alpha value is -2.42. The molecule has 3 heteroatoms. The zero-order valence-corrected chi connectivity index (χ0v) is 22.8. The summed E-state index contributed by atoms with van der Waals surface area (Å²) in [7, 11) is 0. The van der Waals surface area contributed by atoms with E-state index >= 15 is 0 Å². The molecule has 1 nitrogen and oxygen atoms in total. The quantitative estimate of drug-likeness (QED) is 0.275. The van der Waals surface area contributed by atoms with Crippen molar-refractivity contribution in [2.75, 3.05) is 6.61 Å². The van der Waals surface area contributed by atoms with Gasteiger partial charge in [0.15, 0.2) is 11.6 Å². The van der Waals surface area contributed by atoms with Crippen LogP contribution in [-0.2, 0) is 6.42 Å². The first-order valence-corrected chi connectivity index (χ1v) is 14.6. The van der Waals surface area contributed by atoms with Crippen LogP contribution in [0.5, 0.6) is 5.75 Å². The summed E-state index contributed by atoms with van der Waals surface area (Å²) in [5.74, 6) is -0.0386. The lowest BCUT2D eigenvalue weighted by atomic mass is 9.77. The summed E-state index contributed by atoms with van der Waals surface area (Å²) >= 11 is 0. The van der Waals surface area contributed by atoms with Gasteiger partial charge in [-0.25, -0.2) is 4.39 Å². The normalized spacial score (nSPS) is 22.3. The van der Waals surface area contributed by atoms with E-state index in [4.69, 9.17) is 4.74 Å². The average Bonchev–Trinajstić information content (AvgIpc) is 2.93. The number of hydrogen-bond donors (Lipinski definition) is 0. The molecule has 1 atom stereocenters. The van der Waals surface area contributed by atoms with Crippen molar-refractivity contribution in [2.24, 2.45) is 11.8 Å². The second-order valence-electron chi connectivity index (χ2n) is 11.1. The Morgan fingerprint density at radius 3 is 2.35 bits per heavy atom. The van der Waals surface area contributed by atoms with Crippen LogP contribution in [0, 0.1) is 23.5 Å². The van der Waals surface area contributed by atoms with Crippen LogP contribution < -0.4 is 4.74 Å². The smallest absolute Gasteiger partial charge is 0.200 e. The van der Waals surface area contributed by atoms with Crippen LogP contribution in [0.4, 0.5) is 8.78 Å². The highest BCUT2D eigenvalue weighted by Gasteiger charge is 2.26. The van der Waals surface area contributed by atoms with E-state index in [-0.39, 0.29) is 11.7 Å². The molecular weight excluding hydrogens is 462 g/mol. The molecule has 0 N–H and O–H groups in total. The standard InChI is InChI=1S/C34H44F2O/c1-3-7-25-10-16-28(17-11-25)29-18-12-26(13-19-29)8-5-6-9-27-14-20-30(21-15-27)31-22-23-32(37-24-4-2)34(36)33(31)35/h5,8,10-11,16-18,22-23,26-27,30H,3-4,6-7,9,12-15,19-21,24H2,1-2H3. The van der Waals surface area contributed by atoms with Crippen LogP contribution >= 0.6 is 0 Å². The van der Waals surface area contributed by atoms with Gasteiger partial charge in [-0.1, -0.05) is 68.8 Å². The van der Waals surface area contributed by atoms with Crippen molar-refractivity contribution < 1.29 is 13.5 Å². The van der Waals surface area contributed by atoms with Crippen molar-refractivity contribution in [1.29, 1.82) is 0 Å². The largest absolute Gasteiger partial charge is 0.490 e. The van der Waals surface area contributed by atoms with E-state index in [0.717, 1.165) is 57.8 Å². The molecule has 0 saturated heterocycles. The predicted octanol–water partition coefficient (Wildman–Crippen LogP) is 10.2. The molecule has 0 amide bonds. The van der Waals surface area contributed by atoms with Crippen LogP contribution in [0.2, 0.25) is 0 Å². The van der Waals surface area contributed by atoms with Gasteiger partial charge in [0.05, 0.1) is 6.61 Å². The first-order chi connectivity index (χ1) is 18.1. The van der Waals surface area contributed by atoms with Gasteiger partial charge in [0.25, 0.3) is 0 Å². The van der Waals surface area contributed by atoms with E-state index in [0.29, 0.717) is 24.0 Å². The molecule has 1 unspecified atom stereocenters. The molecule has 200 valence electrons. The molecule has 0 bridgehead atoms. The highest BCUT2D eigenvalue weighted by molar-refractivity contribution is 5.66. The Bertz CT molecular complexity index is 1040. The Labute approximate surface area is 223 Å². The Morgan fingerprint density at radius 1 is 0.892 bits per heavy atom. The fourth-order valence-corrected chi connectivity index (χ4v) is 6.03. The number of ether oxygens (including phenoxy) is 1. The Balaban J connectivity index is 1.18. The van der Waals surface area contributed by atoms with E-state index in [1.54, 1.807) is 12.1 Å². The lowest BCUT2D eigenvalue weighted by molar-refractivity contribution is 0.288. The van der Waals surface area contributed by atoms with E-state index in [2.05, 4.69) is 49.4 Å². The predicted molar refractivity (Wildman–Crippen MR) is 151 cm³/mol. The van der Waals surface area contributed by atoms with Gasteiger partial charge < -0.3 is 4.74 Å². The van der Waals surface area contributed by atoms with Crippen molar-refractivity contribution in [3.05, 3.63) is 83.0 Å². The first-order valence-electron chi connectivity index (χ1n) is 14.6. The fourth-order valence-electron chi connectivity index (χ4n) is 6.03. The number of halogens is 2. The summed E-state index contributed by atoms with van der Waals surface area (Å²) in [4.78, 5) is 0. The maximum Gasteiger partial charge on any atom is 0.200 e. The molecule has 2 aromatic carbocycles. The summed E-state index contributed by atoms with van der Waals surface area (Å²) in [6.07, 6.45) is 20.3. The molecule has 2 aliphatic rings. The van der Waals surface area contributed by atoms with Gasteiger partial charge in [-0.2, -0.15) is 4.39 Å². The van der Waals surface area contributed by atoms with Gasteiger partial charge in [0.2, 0.25) is 5.82 Å². The van der Waals surface area contributed by atoms with Crippen LogP contribution in [0.15, 0.2) is 54.6 Å². The average molecular weight is 507 g/mol. The molecule has 0 radical (unpaired) electrons. The van der Waals surface area contributed by atoms with Gasteiger partial charge in [-0.05, 0) is 117 Å². The highest BCUT2D eigenvalue weighted by atomic mass is 19.2. The van der Waals surface area contributed by atoms with E-state index in [9.17, 15) is 8.78 Å². The fraction of sp³-hybridized carbons (Fsp3) is 0.529. The molecule has 1 fully saturated rings. The van der Waals surface area contributed by atoms with Crippen molar-refractivity contribution in [1.82, 2.24) is 0 Å². The van der Waals surface area contributed by atoms with Gasteiger partial charge in [-0.3, -0.25) is 0 Å². The minimum absolute atomic E-state index is 0.0364. The summed E-state index contributed by atoms with van der Waals surface area (Å²) in [5.41, 5.74) is 4.86. The molecule has 2 aromatic rings. The topological polar surface area (TPSA) is 9.23 Å². The summed E-state index contributed by atoms with van der Waals surface area (Å²) in [6.45, 7) is 4.59. The van der Waals surface area contributed by atoms with Gasteiger partial charge in [-0.15, -0.1) is 0 Å². The van der Waals surface area contributed by atoms with E-state index in [1.807, 2.05) is 6.92 Å². The number of aryl methyl sites for hydroxylation is 1. The zero-order valence-electron chi connectivity index (χ0n) is 22.8. The van der Waals surface area contributed by atoms with Crippen LogP contribution in [0.3, 0.4) is 0 Å². The van der Waals surface area contributed by atoms with Gasteiger partial charge in [0, 0.05) is 0 Å². The lowest BCUT2D eigenvalue weighted by Gasteiger charge is -2.29. The zero-order chi connectivity index (χ0) is 26.0. The second-order valence-corrected chi connectivity index (χ2v) is 11.1. The third-order valence-electron chi connectivity index (χ3n) is 8.29. The molecule has 4 rings (SSSR count). The lowest BCUT2D eigenvalue weighted by Crippen LogP contribution is -2.15. The van der Waals surface area contributed by atoms with Crippen molar-refractivity contribution >= 4 is 5.57 Å². The van der Waals surface area contributed by atoms with Crippen molar-refractivity contribution in [3.8, 4) is 5.75 Å². The molecule has 0 aromatic heterocycles. The van der Waals surface area contributed by atoms with E-state index < -0.39 is 11.6 Å². The minimum atomic E-state index is -0.826. The second kappa shape index (κ2) is 13.9. The molecule has 2 aliphatic carbocycles. The summed E-state index contributed by atoms with van der Waals surface area (Å²) in [5, 5.41) is 0. The monoisotopic (exact) mass is 506 g/mol. The maximum atomic E-state index is 14.7. The van der Waals surface area contributed by atoms with Crippen molar-refractivity contribution in [2.45, 2.75) is 96.8 Å². The van der Waals surface area contributed by atoms with Crippen LogP contribution in [-0.4, -0.2) is 6.61 Å². The number of allylic oxidation sites excluding steroid dienone is 4. The number of benzene rings is 2. The molecule has 0 aliphatic heterocycles. The van der Waals surface area contributed by atoms with Gasteiger partial charge >= 0.3 is 0 Å². The molecule has 1 saturated carbocycles. The van der Waals surface area contributed by atoms with Crippen LogP contribution in [0.25, 0.3) is 5.57 Å². The number of hydrogen-bond acceptors (Lipinski definition) is 1. The maximum absolute atomic E-state index is 14.7. The van der Waals surface area contributed by atoms with Crippen molar-refractivity contribution in [3.63, 3.8) is 0 Å². The summed E-state index contributed by atoms with van der Waals surface area (Å²) in [6, 6.07) is 12.5. The molecule has 0 heterocycles. The highest BCUT2D eigenvalue weighted by Crippen LogP contribution is 2.40. The third kappa shape index (κ3) is 7.55. The molecular formula is C34H44F2O. The first kappa shape index (κ1) is 27.6. The Morgan fingerprint density at radius 2 is 1.68 bits per heavy atom. The summed E-state index contributed by atoms with van der Waals surface area (Å²) < 4.78 is 34.4. The third-order valence-corrected chi connectivity index (χ3v) is 8.29. The van der Waals surface area contributed by atoms with Crippen LogP contribution in [0.1, 0.15) is 107 Å². The van der Waals surface area contributed by atoms with E-state index in [1.165, 1.54) is 36.0 Å². The molecule has 37 heavy (non-hydrogen) atoms. The number of rotatable bonds is 11. The molecule has 0 spiro atoms. The minimum Gasteiger partial charge on any atom is -0.490 e.